The smallest absolute Gasteiger partial charge is 0.149 e. The van der Waals surface area contributed by atoms with Gasteiger partial charge in [0.1, 0.15) is 12.1 Å². The Kier molecular flexibility index (Phi) is 2.75. The Labute approximate surface area is 114 Å². The summed E-state index contributed by atoms with van der Waals surface area (Å²) in [5, 5.41) is 0. The molecule has 0 unspecified atom stereocenters. The zero-order chi connectivity index (χ0) is 13.7. The Hall–Kier alpha value is -1.29. The Bertz CT molecular complexity index is 510. The van der Waals surface area contributed by atoms with Gasteiger partial charge < -0.3 is 0 Å². The zero-order valence-corrected chi connectivity index (χ0v) is 11.9. The molecule has 0 aromatic carbocycles. The fraction of sp³-hybridized carbons (Fsp3) is 0.667. The fourth-order valence-electron chi connectivity index (χ4n) is 3.47. The quantitative estimate of drug-likeness (QED) is 0.712. The molecule has 1 aliphatic carbocycles. The van der Waals surface area contributed by atoms with E-state index in [2.05, 4.69) is 35.6 Å². The summed E-state index contributed by atoms with van der Waals surface area (Å²) < 4.78 is 0. The number of hydrogen-bond acceptors (Lipinski definition) is 4. The molecule has 0 amide bonds. The van der Waals surface area contributed by atoms with Gasteiger partial charge in [-0.1, -0.05) is 0 Å². The van der Waals surface area contributed by atoms with Gasteiger partial charge in [-0.15, -0.1) is 0 Å². The minimum absolute atomic E-state index is 0.180. The van der Waals surface area contributed by atoms with E-state index in [9.17, 15) is 4.79 Å². The maximum Gasteiger partial charge on any atom is 0.149 e. The largest absolute Gasteiger partial charge is 0.298 e. The number of likely N-dealkylation sites (tertiary alicyclic amines) is 1. The first-order valence-electron chi connectivity index (χ1n) is 7.01. The molecule has 2 aliphatic rings. The Morgan fingerprint density at radius 2 is 1.95 bits per heavy atom. The molecular weight excluding hydrogens is 238 g/mol. The number of rotatable bonds is 0. The van der Waals surface area contributed by atoms with Crippen LogP contribution in [-0.2, 0) is 16.6 Å². The first-order chi connectivity index (χ1) is 8.93. The van der Waals surface area contributed by atoms with E-state index in [1.807, 2.05) is 6.20 Å². The van der Waals surface area contributed by atoms with Crippen LogP contribution in [0, 0.1) is 0 Å². The van der Waals surface area contributed by atoms with Crippen molar-refractivity contribution in [3.05, 3.63) is 23.8 Å². The first kappa shape index (κ1) is 12.7. The second-order valence-electron chi connectivity index (χ2n) is 6.72. The van der Waals surface area contributed by atoms with Gasteiger partial charge in [-0.05, 0) is 46.7 Å². The summed E-state index contributed by atoms with van der Waals surface area (Å²) in [4.78, 5) is 23.4. The second-order valence-corrected chi connectivity index (χ2v) is 6.72. The molecule has 0 bridgehead atoms. The molecule has 0 N–H and O–H groups in total. The summed E-state index contributed by atoms with van der Waals surface area (Å²) in [5.74, 6) is 0.344. The van der Waals surface area contributed by atoms with E-state index in [-0.39, 0.29) is 11.0 Å². The van der Waals surface area contributed by atoms with E-state index in [1.165, 1.54) is 0 Å². The van der Waals surface area contributed by atoms with Crippen LogP contribution >= 0.6 is 0 Å². The first-order valence-corrected chi connectivity index (χ1v) is 7.01. The van der Waals surface area contributed by atoms with Crippen LogP contribution in [0.5, 0.6) is 0 Å². The molecule has 4 nitrogen and oxygen atoms in total. The monoisotopic (exact) mass is 259 g/mol. The van der Waals surface area contributed by atoms with Crippen molar-refractivity contribution < 1.29 is 4.79 Å². The molecule has 1 fully saturated rings. The van der Waals surface area contributed by atoms with Gasteiger partial charge in [0.2, 0.25) is 0 Å². The van der Waals surface area contributed by atoms with Crippen molar-refractivity contribution in [3.8, 4) is 0 Å². The molecule has 0 atom stereocenters. The number of fused-ring (bicyclic) bond motifs is 2. The van der Waals surface area contributed by atoms with Crippen molar-refractivity contribution in [1.82, 2.24) is 14.9 Å². The SMILES string of the molecule is CC(C)(C)N1CCC2(CC1)C(=O)Cc1ncncc12. The molecule has 2 heterocycles. The van der Waals surface area contributed by atoms with E-state index in [1.54, 1.807) is 6.33 Å². The van der Waals surface area contributed by atoms with Crippen LogP contribution in [-0.4, -0.2) is 39.3 Å². The summed E-state index contributed by atoms with van der Waals surface area (Å²) >= 11 is 0. The highest BCUT2D eigenvalue weighted by molar-refractivity contribution is 5.96. The van der Waals surface area contributed by atoms with E-state index in [0.717, 1.165) is 37.2 Å². The number of ketones is 1. The number of hydrogen-bond donors (Lipinski definition) is 0. The van der Waals surface area contributed by atoms with Gasteiger partial charge in [0, 0.05) is 17.3 Å². The normalized spacial score (nSPS) is 22.8. The summed E-state index contributed by atoms with van der Waals surface area (Å²) in [7, 11) is 0. The van der Waals surface area contributed by atoms with Crippen molar-refractivity contribution in [3.63, 3.8) is 0 Å². The summed E-state index contributed by atoms with van der Waals surface area (Å²) in [5.41, 5.74) is 1.93. The molecule has 19 heavy (non-hydrogen) atoms. The molecule has 1 aromatic heterocycles. The van der Waals surface area contributed by atoms with Crippen LogP contribution in [0.25, 0.3) is 0 Å². The zero-order valence-electron chi connectivity index (χ0n) is 11.9. The number of carbonyl (C=O) groups is 1. The number of Topliss-reactive ketones (excluding diaryl/α,β-unsaturated/α-hetero) is 1. The molecule has 3 rings (SSSR count). The fourth-order valence-corrected chi connectivity index (χ4v) is 3.47. The molecule has 1 aromatic rings. The van der Waals surface area contributed by atoms with Gasteiger partial charge >= 0.3 is 0 Å². The van der Waals surface area contributed by atoms with Crippen molar-refractivity contribution in [2.24, 2.45) is 0 Å². The predicted octanol–water partition coefficient (Wildman–Crippen LogP) is 1.73. The van der Waals surface area contributed by atoms with Crippen LogP contribution in [0.15, 0.2) is 12.5 Å². The van der Waals surface area contributed by atoms with Crippen LogP contribution in [0.4, 0.5) is 0 Å². The maximum absolute atomic E-state index is 12.5. The van der Waals surface area contributed by atoms with Gasteiger partial charge in [0.05, 0.1) is 17.5 Å². The third-order valence-corrected chi connectivity index (χ3v) is 4.74. The summed E-state index contributed by atoms with van der Waals surface area (Å²) in [6.45, 7) is 8.66. The number of piperidine rings is 1. The average Bonchev–Trinajstić information content (AvgIpc) is 2.63. The molecular formula is C15H21N3O. The Morgan fingerprint density at radius 3 is 2.58 bits per heavy atom. The maximum atomic E-state index is 12.5. The van der Waals surface area contributed by atoms with Crippen molar-refractivity contribution in [1.29, 1.82) is 0 Å². The van der Waals surface area contributed by atoms with E-state index >= 15 is 0 Å². The van der Waals surface area contributed by atoms with Gasteiger partial charge in [-0.2, -0.15) is 0 Å². The summed E-state index contributed by atoms with van der Waals surface area (Å²) in [6, 6.07) is 0. The molecule has 0 saturated carbocycles. The molecule has 1 spiro atoms. The average molecular weight is 259 g/mol. The van der Waals surface area contributed by atoms with Crippen molar-refractivity contribution in [2.75, 3.05) is 13.1 Å². The van der Waals surface area contributed by atoms with Gasteiger partial charge in [0.25, 0.3) is 0 Å². The van der Waals surface area contributed by atoms with E-state index in [0.29, 0.717) is 12.2 Å². The topological polar surface area (TPSA) is 46.1 Å². The third-order valence-electron chi connectivity index (χ3n) is 4.74. The lowest BCUT2D eigenvalue weighted by atomic mass is 9.73. The standard InChI is InChI=1S/C15H21N3O/c1-14(2,3)18-6-4-15(5-7-18)11-9-16-10-17-12(11)8-13(15)19/h9-10H,4-8H2,1-3H3. The molecule has 102 valence electrons. The Balaban J connectivity index is 1.89. The lowest BCUT2D eigenvalue weighted by Gasteiger charge is -2.44. The molecule has 1 saturated heterocycles. The number of aromatic nitrogens is 2. The lowest BCUT2D eigenvalue weighted by molar-refractivity contribution is -0.125. The van der Waals surface area contributed by atoms with Gasteiger partial charge in [0.15, 0.2) is 0 Å². The van der Waals surface area contributed by atoms with E-state index < -0.39 is 0 Å². The van der Waals surface area contributed by atoms with Crippen LogP contribution < -0.4 is 0 Å². The highest BCUT2D eigenvalue weighted by Crippen LogP contribution is 2.43. The highest BCUT2D eigenvalue weighted by atomic mass is 16.1. The number of carbonyl (C=O) groups excluding carboxylic acids is 1. The van der Waals surface area contributed by atoms with Crippen LogP contribution in [0.3, 0.4) is 0 Å². The third kappa shape index (κ3) is 1.89. The number of nitrogens with zero attached hydrogens (tertiary/aromatic N) is 3. The van der Waals surface area contributed by atoms with Crippen LogP contribution in [0.1, 0.15) is 44.9 Å². The van der Waals surface area contributed by atoms with Gasteiger partial charge in [-0.25, -0.2) is 9.97 Å². The van der Waals surface area contributed by atoms with Gasteiger partial charge in [-0.3, -0.25) is 9.69 Å². The minimum atomic E-state index is -0.293. The van der Waals surface area contributed by atoms with E-state index in [4.69, 9.17) is 0 Å². The molecule has 4 heteroatoms. The van der Waals surface area contributed by atoms with Crippen LogP contribution in [0.2, 0.25) is 0 Å². The molecule has 0 radical (unpaired) electrons. The second kappa shape index (κ2) is 4.10. The lowest BCUT2D eigenvalue weighted by Crippen LogP contribution is -2.51. The van der Waals surface area contributed by atoms with Crippen molar-refractivity contribution >= 4 is 5.78 Å². The highest BCUT2D eigenvalue weighted by Gasteiger charge is 2.49. The van der Waals surface area contributed by atoms with Crippen molar-refractivity contribution in [2.45, 2.75) is 51.0 Å². The Morgan fingerprint density at radius 1 is 1.26 bits per heavy atom. The minimum Gasteiger partial charge on any atom is -0.298 e. The molecule has 1 aliphatic heterocycles. The summed E-state index contributed by atoms with van der Waals surface area (Å²) in [6.07, 6.45) is 5.72. The predicted molar refractivity (Wildman–Crippen MR) is 73.0 cm³/mol.